The number of nitriles is 1. The van der Waals surface area contributed by atoms with E-state index in [4.69, 9.17) is 10.00 Å². The highest BCUT2D eigenvalue weighted by Gasteiger charge is 2.30. The normalized spacial score (nSPS) is 13.4. The molecule has 5 heteroatoms. The molecule has 0 aromatic heterocycles. The van der Waals surface area contributed by atoms with Crippen LogP contribution in [0.15, 0.2) is 22.7 Å². The number of hydrogen-bond donors (Lipinski definition) is 1. The zero-order valence-electron chi connectivity index (χ0n) is 12.2. The van der Waals surface area contributed by atoms with Gasteiger partial charge in [-0.3, -0.25) is 4.79 Å². The highest BCUT2D eigenvalue weighted by molar-refractivity contribution is 9.10. The van der Waals surface area contributed by atoms with Crippen molar-refractivity contribution in [3.8, 4) is 11.8 Å². The fourth-order valence-corrected chi connectivity index (χ4v) is 2.10. The molecule has 1 rings (SSSR count). The van der Waals surface area contributed by atoms with Crippen LogP contribution in [0.2, 0.25) is 0 Å². The fraction of sp³-hybridized carbons (Fsp3) is 0.467. The van der Waals surface area contributed by atoms with Crippen molar-refractivity contribution in [1.29, 1.82) is 5.26 Å². The van der Waals surface area contributed by atoms with E-state index in [-0.39, 0.29) is 18.4 Å². The molecule has 20 heavy (non-hydrogen) atoms. The van der Waals surface area contributed by atoms with Gasteiger partial charge in [0.1, 0.15) is 11.3 Å². The first-order valence-electron chi connectivity index (χ1n) is 6.39. The van der Waals surface area contributed by atoms with Crippen molar-refractivity contribution < 1.29 is 9.53 Å². The summed E-state index contributed by atoms with van der Waals surface area (Å²) in [5.74, 6) is 0.312. The molecular weight excluding hydrogens is 320 g/mol. The second kappa shape index (κ2) is 6.76. The fourth-order valence-electron chi connectivity index (χ4n) is 1.49. The third-order valence-electron chi connectivity index (χ3n) is 3.23. The smallest absolute Gasteiger partial charge is 0.259 e. The van der Waals surface area contributed by atoms with E-state index in [1.807, 2.05) is 32.9 Å². The van der Waals surface area contributed by atoms with Crippen molar-refractivity contribution in [2.75, 3.05) is 6.61 Å². The van der Waals surface area contributed by atoms with Gasteiger partial charge in [-0.05, 0) is 53.4 Å². The van der Waals surface area contributed by atoms with Gasteiger partial charge in [-0.1, -0.05) is 19.9 Å². The van der Waals surface area contributed by atoms with Gasteiger partial charge in [0.25, 0.3) is 5.91 Å². The molecule has 1 aromatic rings. The molecule has 1 amide bonds. The molecule has 1 atom stereocenters. The van der Waals surface area contributed by atoms with Crippen LogP contribution in [-0.2, 0) is 4.79 Å². The van der Waals surface area contributed by atoms with E-state index in [2.05, 4.69) is 27.3 Å². The summed E-state index contributed by atoms with van der Waals surface area (Å²) in [5, 5.41) is 11.9. The Morgan fingerprint density at radius 3 is 2.70 bits per heavy atom. The molecule has 0 saturated carbocycles. The minimum Gasteiger partial charge on any atom is -0.483 e. The second-order valence-electron chi connectivity index (χ2n) is 5.24. The maximum absolute atomic E-state index is 11.9. The van der Waals surface area contributed by atoms with Gasteiger partial charge < -0.3 is 10.1 Å². The monoisotopic (exact) mass is 338 g/mol. The molecule has 4 nitrogen and oxygen atoms in total. The summed E-state index contributed by atoms with van der Waals surface area (Å²) in [6, 6.07) is 7.76. The Morgan fingerprint density at radius 2 is 2.20 bits per heavy atom. The summed E-state index contributed by atoms with van der Waals surface area (Å²) in [4.78, 5) is 11.9. The van der Waals surface area contributed by atoms with E-state index in [1.54, 1.807) is 13.0 Å². The molecule has 1 N–H and O–H groups in total. The average Bonchev–Trinajstić information content (AvgIpc) is 2.37. The summed E-state index contributed by atoms with van der Waals surface area (Å²) in [7, 11) is 0. The van der Waals surface area contributed by atoms with Gasteiger partial charge in [-0.15, -0.1) is 0 Å². The van der Waals surface area contributed by atoms with Crippen LogP contribution in [0, 0.1) is 24.2 Å². The first-order valence-corrected chi connectivity index (χ1v) is 7.19. The Balaban J connectivity index is 2.62. The molecular formula is C15H19BrN2O2. The lowest BCUT2D eigenvalue weighted by Crippen LogP contribution is -2.50. The highest BCUT2D eigenvalue weighted by Crippen LogP contribution is 2.25. The number of nitrogens with zero attached hydrogens (tertiary/aromatic N) is 1. The predicted octanol–water partition coefficient (Wildman–Crippen LogP) is 3.19. The Labute approximate surface area is 128 Å². The van der Waals surface area contributed by atoms with Crippen LogP contribution in [0.1, 0.15) is 26.3 Å². The van der Waals surface area contributed by atoms with Gasteiger partial charge in [0.15, 0.2) is 6.61 Å². The van der Waals surface area contributed by atoms with Crippen molar-refractivity contribution >= 4 is 21.8 Å². The van der Waals surface area contributed by atoms with Crippen molar-refractivity contribution in [3.05, 3.63) is 28.2 Å². The average molecular weight is 339 g/mol. The summed E-state index contributed by atoms with van der Waals surface area (Å²) in [6.07, 6.45) is 0. The number of ether oxygens (including phenoxy) is 1. The molecule has 0 aliphatic heterocycles. The van der Waals surface area contributed by atoms with Crippen molar-refractivity contribution in [2.45, 2.75) is 33.2 Å². The summed E-state index contributed by atoms with van der Waals surface area (Å²) >= 11 is 3.39. The Hall–Kier alpha value is -1.54. The topological polar surface area (TPSA) is 62.1 Å². The molecule has 0 saturated heterocycles. The van der Waals surface area contributed by atoms with Crippen LogP contribution in [0.25, 0.3) is 0 Å². The third kappa shape index (κ3) is 4.24. The maximum Gasteiger partial charge on any atom is 0.259 e. The third-order valence-corrected chi connectivity index (χ3v) is 3.85. The lowest BCUT2D eigenvalue weighted by Gasteiger charge is -2.27. The van der Waals surface area contributed by atoms with E-state index >= 15 is 0 Å². The predicted molar refractivity (Wildman–Crippen MR) is 81.4 cm³/mol. The number of amides is 1. The van der Waals surface area contributed by atoms with Gasteiger partial charge in [0, 0.05) is 0 Å². The SMILES string of the molecule is Cc1ccc(OCC(=O)NC(C)(C#N)C(C)C)c(Br)c1. The molecule has 0 spiro atoms. The molecule has 0 radical (unpaired) electrons. The number of halogens is 1. The van der Waals surface area contributed by atoms with E-state index in [0.29, 0.717) is 5.75 Å². The van der Waals surface area contributed by atoms with Crippen LogP contribution in [0.5, 0.6) is 5.75 Å². The molecule has 108 valence electrons. The number of nitrogens with one attached hydrogen (secondary N) is 1. The quantitative estimate of drug-likeness (QED) is 0.896. The number of rotatable bonds is 5. The van der Waals surface area contributed by atoms with Gasteiger partial charge >= 0.3 is 0 Å². The molecule has 1 unspecified atom stereocenters. The van der Waals surface area contributed by atoms with E-state index in [1.165, 1.54) is 0 Å². The standard InChI is InChI=1S/C15H19BrN2O2/c1-10(2)15(4,9-17)18-14(19)8-20-13-6-5-11(3)7-12(13)16/h5-7,10H,8H2,1-4H3,(H,18,19). The number of benzene rings is 1. The summed E-state index contributed by atoms with van der Waals surface area (Å²) < 4.78 is 6.26. The van der Waals surface area contributed by atoms with Crippen molar-refractivity contribution in [2.24, 2.45) is 5.92 Å². The van der Waals surface area contributed by atoms with E-state index < -0.39 is 5.54 Å². The van der Waals surface area contributed by atoms with E-state index in [9.17, 15) is 4.79 Å². The van der Waals surface area contributed by atoms with Crippen molar-refractivity contribution in [3.63, 3.8) is 0 Å². The van der Waals surface area contributed by atoms with Gasteiger partial charge in [0.2, 0.25) is 0 Å². The molecule has 1 aromatic carbocycles. The number of aryl methyl sites for hydroxylation is 1. The van der Waals surface area contributed by atoms with Crippen molar-refractivity contribution in [1.82, 2.24) is 5.32 Å². The van der Waals surface area contributed by atoms with Crippen LogP contribution in [0.3, 0.4) is 0 Å². The maximum atomic E-state index is 11.9. The van der Waals surface area contributed by atoms with Crippen LogP contribution in [-0.4, -0.2) is 18.1 Å². The Morgan fingerprint density at radius 1 is 1.55 bits per heavy atom. The number of carbonyl (C=O) groups excluding carboxylic acids is 1. The van der Waals surface area contributed by atoms with Gasteiger partial charge in [-0.25, -0.2) is 0 Å². The minimum atomic E-state index is -0.884. The first-order chi connectivity index (χ1) is 9.28. The van der Waals surface area contributed by atoms with Crippen LogP contribution < -0.4 is 10.1 Å². The van der Waals surface area contributed by atoms with E-state index in [0.717, 1.165) is 10.0 Å². The Kier molecular flexibility index (Phi) is 5.58. The van der Waals surface area contributed by atoms with Crippen LogP contribution >= 0.6 is 15.9 Å². The number of hydrogen-bond acceptors (Lipinski definition) is 3. The summed E-state index contributed by atoms with van der Waals surface area (Å²) in [5.41, 5.74) is 0.218. The Bertz CT molecular complexity index is 537. The largest absolute Gasteiger partial charge is 0.483 e. The molecule has 0 aliphatic rings. The highest BCUT2D eigenvalue weighted by atomic mass is 79.9. The lowest BCUT2D eigenvalue weighted by atomic mass is 9.90. The van der Waals surface area contributed by atoms with Gasteiger partial charge in [0.05, 0.1) is 10.5 Å². The minimum absolute atomic E-state index is 0.0163. The second-order valence-corrected chi connectivity index (χ2v) is 6.09. The molecule has 0 bridgehead atoms. The molecule has 0 heterocycles. The van der Waals surface area contributed by atoms with Crippen LogP contribution in [0.4, 0.5) is 0 Å². The molecule has 0 fully saturated rings. The zero-order chi connectivity index (χ0) is 15.3. The molecule has 0 aliphatic carbocycles. The number of carbonyl (C=O) groups is 1. The van der Waals surface area contributed by atoms with Gasteiger partial charge in [-0.2, -0.15) is 5.26 Å². The lowest BCUT2D eigenvalue weighted by molar-refractivity contribution is -0.124. The summed E-state index contributed by atoms with van der Waals surface area (Å²) in [6.45, 7) is 7.34. The zero-order valence-corrected chi connectivity index (χ0v) is 13.7. The first kappa shape index (κ1) is 16.5.